The topological polar surface area (TPSA) is 52.6 Å². The molecule has 164 valence electrons. The lowest BCUT2D eigenvalue weighted by Gasteiger charge is -2.36. The lowest BCUT2D eigenvalue weighted by Crippen LogP contribution is -2.48. The number of nitrogens with zero attached hydrogens (tertiary/aromatic N) is 5. The van der Waals surface area contributed by atoms with Crippen LogP contribution in [0.15, 0.2) is 60.9 Å². The van der Waals surface area contributed by atoms with Crippen LogP contribution in [0.2, 0.25) is 0 Å². The molecule has 2 aromatic carbocycles. The molecule has 0 spiro atoms. The molecule has 2 fully saturated rings. The molecule has 0 saturated carbocycles. The van der Waals surface area contributed by atoms with E-state index in [1.54, 1.807) is 12.4 Å². The van der Waals surface area contributed by atoms with Crippen LogP contribution in [0, 0.1) is 6.92 Å². The normalized spacial score (nSPS) is 16.5. The van der Waals surface area contributed by atoms with Crippen LogP contribution in [0.1, 0.15) is 28.8 Å². The van der Waals surface area contributed by atoms with Crippen molar-refractivity contribution < 1.29 is 4.79 Å². The standard InChI is InChI=1S/C26H29N5O/c1-20-7-9-23(10-8-20)29-15-17-31(18-16-29)26(32)22-6-4-5-21(19-22)24-25(28-12-11-27-24)30-13-2-3-14-30/h4-12,19H,2-3,13-18H2,1H3. The summed E-state index contributed by atoms with van der Waals surface area (Å²) < 4.78 is 0. The van der Waals surface area contributed by atoms with Gasteiger partial charge in [-0.25, -0.2) is 4.98 Å². The molecule has 0 unspecified atom stereocenters. The second-order valence-electron chi connectivity index (χ2n) is 8.62. The fourth-order valence-electron chi connectivity index (χ4n) is 4.60. The highest BCUT2D eigenvalue weighted by atomic mass is 16.2. The van der Waals surface area contributed by atoms with E-state index in [-0.39, 0.29) is 5.91 Å². The highest BCUT2D eigenvalue weighted by Crippen LogP contribution is 2.29. The fraction of sp³-hybridized carbons (Fsp3) is 0.346. The van der Waals surface area contributed by atoms with Gasteiger partial charge >= 0.3 is 0 Å². The maximum absolute atomic E-state index is 13.3. The summed E-state index contributed by atoms with van der Waals surface area (Å²) in [6.07, 6.45) is 5.85. The van der Waals surface area contributed by atoms with Crippen molar-refractivity contribution in [2.45, 2.75) is 19.8 Å². The predicted octanol–water partition coefficient (Wildman–Crippen LogP) is 4.01. The van der Waals surface area contributed by atoms with E-state index in [0.717, 1.165) is 56.3 Å². The van der Waals surface area contributed by atoms with E-state index in [0.29, 0.717) is 5.56 Å². The molecule has 1 amide bonds. The molecular formula is C26H29N5O. The number of aryl methyl sites for hydroxylation is 1. The summed E-state index contributed by atoms with van der Waals surface area (Å²) in [5, 5.41) is 0. The van der Waals surface area contributed by atoms with Crippen LogP contribution in [0.3, 0.4) is 0 Å². The minimum atomic E-state index is 0.0852. The maximum atomic E-state index is 13.3. The van der Waals surface area contributed by atoms with Crippen LogP contribution in [-0.2, 0) is 0 Å². The second kappa shape index (κ2) is 8.99. The molecule has 0 radical (unpaired) electrons. The smallest absolute Gasteiger partial charge is 0.253 e. The molecule has 0 aliphatic carbocycles. The van der Waals surface area contributed by atoms with Crippen molar-refractivity contribution in [1.29, 1.82) is 0 Å². The Hall–Kier alpha value is -3.41. The Morgan fingerprint density at radius 2 is 1.53 bits per heavy atom. The van der Waals surface area contributed by atoms with Gasteiger partial charge in [0.05, 0.1) is 0 Å². The van der Waals surface area contributed by atoms with Gasteiger partial charge in [0.1, 0.15) is 5.69 Å². The Balaban J connectivity index is 1.31. The number of benzene rings is 2. The van der Waals surface area contributed by atoms with Gasteiger partial charge in [0.15, 0.2) is 5.82 Å². The molecule has 2 saturated heterocycles. The zero-order valence-corrected chi connectivity index (χ0v) is 18.6. The summed E-state index contributed by atoms with van der Waals surface area (Å²) >= 11 is 0. The number of carbonyl (C=O) groups is 1. The zero-order chi connectivity index (χ0) is 21.9. The highest BCUT2D eigenvalue weighted by Gasteiger charge is 2.24. The van der Waals surface area contributed by atoms with Crippen LogP contribution in [-0.4, -0.2) is 60.0 Å². The van der Waals surface area contributed by atoms with Crippen LogP contribution >= 0.6 is 0 Å². The summed E-state index contributed by atoms with van der Waals surface area (Å²) in [5.41, 5.74) is 5.00. The van der Waals surface area contributed by atoms with Gasteiger partial charge in [-0.15, -0.1) is 0 Å². The molecule has 2 aliphatic heterocycles. The lowest BCUT2D eigenvalue weighted by molar-refractivity contribution is 0.0747. The Morgan fingerprint density at radius 3 is 2.28 bits per heavy atom. The monoisotopic (exact) mass is 427 g/mol. The number of amides is 1. The van der Waals surface area contributed by atoms with Gasteiger partial charge in [-0.1, -0.05) is 29.8 Å². The molecule has 1 aromatic heterocycles. The quantitative estimate of drug-likeness (QED) is 0.630. The molecule has 32 heavy (non-hydrogen) atoms. The van der Waals surface area contributed by atoms with Crippen molar-refractivity contribution in [3.63, 3.8) is 0 Å². The van der Waals surface area contributed by atoms with Gasteiger partial charge in [0.2, 0.25) is 0 Å². The Kier molecular flexibility index (Phi) is 5.75. The molecule has 0 atom stereocenters. The van der Waals surface area contributed by atoms with Gasteiger partial charge in [-0.05, 0) is 44.0 Å². The first kappa shape index (κ1) is 20.5. The minimum Gasteiger partial charge on any atom is -0.368 e. The Morgan fingerprint density at radius 1 is 0.812 bits per heavy atom. The zero-order valence-electron chi connectivity index (χ0n) is 18.6. The Bertz CT molecular complexity index is 1080. The number of piperazine rings is 1. The van der Waals surface area contributed by atoms with Crippen molar-refractivity contribution >= 4 is 17.4 Å². The summed E-state index contributed by atoms with van der Waals surface area (Å²) in [4.78, 5) is 29.1. The highest BCUT2D eigenvalue weighted by molar-refractivity contribution is 5.96. The average molecular weight is 428 g/mol. The van der Waals surface area contributed by atoms with E-state index in [2.05, 4.69) is 51.0 Å². The van der Waals surface area contributed by atoms with Gasteiger partial charge in [0.25, 0.3) is 5.91 Å². The first-order chi connectivity index (χ1) is 15.7. The third-order valence-electron chi connectivity index (χ3n) is 6.43. The van der Waals surface area contributed by atoms with Crippen LogP contribution in [0.4, 0.5) is 11.5 Å². The number of hydrogen-bond donors (Lipinski definition) is 0. The third-order valence-corrected chi connectivity index (χ3v) is 6.43. The molecule has 0 N–H and O–H groups in total. The number of carbonyl (C=O) groups excluding carboxylic acids is 1. The summed E-state index contributed by atoms with van der Waals surface area (Å²) in [5.74, 6) is 1.00. The molecule has 6 nitrogen and oxygen atoms in total. The first-order valence-corrected chi connectivity index (χ1v) is 11.5. The van der Waals surface area contributed by atoms with E-state index >= 15 is 0 Å². The number of hydrogen-bond acceptors (Lipinski definition) is 5. The van der Waals surface area contributed by atoms with Crippen molar-refractivity contribution in [2.75, 3.05) is 49.1 Å². The van der Waals surface area contributed by atoms with Gasteiger partial charge in [-0.3, -0.25) is 9.78 Å². The number of anilines is 2. The molecule has 3 heterocycles. The average Bonchev–Trinajstić information content (AvgIpc) is 3.39. The van der Waals surface area contributed by atoms with E-state index < -0.39 is 0 Å². The van der Waals surface area contributed by atoms with E-state index in [9.17, 15) is 4.79 Å². The van der Waals surface area contributed by atoms with Gasteiger partial charge in [-0.2, -0.15) is 0 Å². The second-order valence-corrected chi connectivity index (χ2v) is 8.62. The molecular weight excluding hydrogens is 398 g/mol. The molecule has 2 aliphatic rings. The third kappa shape index (κ3) is 4.17. The van der Waals surface area contributed by atoms with Gasteiger partial charge in [0, 0.05) is 68.5 Å². The molecule has 6 heteroatoms. The van der Waals surface area contributed by atoms with Crippen LogP contribution < -0.4 is 9.80 Å². The van der Waals surface area contributed by atoms with Crippen LogP contribution in [0.25, 0.3) is 11.3 Å². The van der Waals surface area contributed by atoms with Crippen molar-refractivity contribution in [3.05, 3.63) is 72.1 Å². The number of rotatable bonds is 4. The van der Waals surface area contributed by atoms with Gasteiger partial charge < -0.3 is 14.7 Å². The van der Waals surface area contributed by atoms with Crippen LogP contribution in [0.5, 0.6) is 0 Å². The first-order valence-electron chi connectivity index (χ1n) is 11.5. The minimum absolute atomic E-state index is 0.0852. The molecule has 5 rings (SSSR count). The SMILES string of the molecule is Cc1ccc(N2CCN(C(=O)c3cccc(-c4nccnc4N4CCCC4)c3)CC2)cc1. The predicted molar refractivity (Wildman–Crippen MR) is 128 cm³/mol. The van der Waals surface area contributed by atoms with E-state index in [4.69, 9.17) is 0 Å². The van der Waals surface area contributed by atoms with E-state index in [1.165, 1.54) is 24.1 Å². The largest absolute Gasteiger partial charge is 0.368 e. The Labute approximate surface area is 189 Å². The summed E-state index contributed by atoms with van der Waals surface area (Å²) in [6.45, 7) is 7.26. The maximum Gasteiger partial charge on any atom is 0.253 e. The number of aromatic nitrogens is 2. The van der Waals surface area contributed by atoms with Crippen molar-refractivity contribution in [2.24, 2.45) is 0 Å². The molecule has 0 bridgehead atoms. The lowest BCUT2D eigenvalue weighted by atomic mass is 10.1. The summed E-state index contributed by atoms with van der Waals surface area (Å²) in [6, 6.07) is 16.5. The fourth-order valence-corrected chi connectivity index (χ4v) is 4.60. The molecule has 3 aromatic rings. The van der Waals surface area contributed by atoms with Crippen molar-refractivity contribution in [3.8, 4) is 11.3 Å². The van der Waals surface area contributed by atoms with Crippen molar-refractivity contribution in [1.82, 2.24) is 14.9 Å². The van der Waals surface area contributed by atoms with E-state index in [1.807, 2.05) is 29.2 Å². The summed E-state index contributed by atoms with van der Waals surface area (Å²) in [7, 11) is 0.